The van der Waals surface area contributed by atoms with Crippen molar-refractivity contribution in [1.82, 2.24) is 0 Å². The van der Waals surface area contributed by atoms with Crippen LogP contribution in [0.3, 0.4) is 0 Å². The molecular formula is C21H22N2O4. The minimum atomic E-state index is -0.575. The summed E-state index contributed by atoms with van der Waals surface area (Å²) in [4.78, 5) is 37.4. The lowest BCUT2D eigenvalue weighted by Gasteiger charge is -2.21. The Balaban J connectivity index is 2.03. The molecule has 140 valence electrons. The summed E-state index contributed by atoms with van der Waals surface area (Å²) < 4.78 is 4.71. The van der Waals surface area contributed by atoms with Crippen LogP contribution in [-0.4, -0.2) is 30.9 Å². The van der Waals surface area contributed by atoms with Gasteiger partial charge >= 0.3 is 5.97 Å². The van der Waals surface area contributed by atoms with Gasteiger partial charge in [0.1, 0.15) is 0 Å². The highest BCUT2D eigenvalue weighted by Crippen LogP contribution is 2.18. The summed E-state index contributed by atoms with van der Waals surface area (Å²) in [5.74, 6) is -1.15. The van der Waals surface area contributed by atoms with E-state index in [4.69, 9.17) is 4.74 Å². The number of rotatable bonds is 7. The minimum Gasteiger partial charge on any atom is -0.463 e. The Kier molecular flexibility index (Phi) is 7.31. The maximum absolute atomic E-state index is 12.7. The third kappa shape index (κ3) is 5.81. The molecule has 0 atom stereocenters. The summed E-state index contributed by atoms with van der Waals surface area (Å²) in [5.41, 5.74) is 1.86. The van der Waals surface area contributed by atoms with Crippen molar-refractivity contribution in [2.24, 2.45) is 0 Å². The van der Waals surface area contributed by atoms with Crippen LogP contribution in [0.5, 0.6) is 0 Å². The summed E-state index contributed by atoms with van der Waals surface area (Å²) >= 11 is 0. The first-order valence-electron chi connectivity index (χ1n) is 8.68. The number of carbonyl (C=O) groups is 3. The maximum atomic E-state index is 12.7. The lowest BCUT2D eigenvalue weighted by Crippen LogP contribution is -2.30. The van der Waals surface area contributed by atoms with Crippen LogP contribution in [0.1, 0.15) is 24.2 Å². The topological polar surface area (TPSA) is 75.7 Å². The van der Waals surface area contributed by atoms with Crippen LogP contribution in [-0.2, 0) is 14.3 Å². The molecular weight excluding hydrogens is 344 g/mol. The molecule has 0 saturated heterocycles. The number of esters is 1. The molecule has 0 aromatic heterocycles. The van der Waals surface area contributed by atoms with Crippen molar-refractivity contribution in [2.75, 3.05) is 23.4 Å². The zero-order valence-electron chi connectivity index (χ0n) is 15.3. The molecule has 0 spiro atoms. The van der Waals surface area contributed by atoms with Crippen LogP contribution in [0.4, 0.5) is 11.4 Å². The van der Waals surface area contributed by atoms with Gasteiger partial charge in [-0.2, -0.15) is 0 Å². The molecule has 0 aliphatic rings. The average molecular weight is 366 g/mol. The third-order valence-electron chi connectivity index (χ3n) is 3.69. The van der Waals surface area contributed by atoms with E-state index in [0.29, 0.717) is 17.8 Å². The maximum Gasteiger partial charge on any atom is 0.330 e. The quantitative estimate of drug-likeness (QED) is 0.602. The van der Waals surface area contributed by atoms with Gasteiger partial charge in [0, 0.05) is 35.6 Å². The molecule has 27 heavy (non-hydrogen) atoms. The van der Waals surface area contributed by atoms with Gasteiger partial charge in [0.05, 0.1) is 6.61 Å². The molecule has 0 fully saturated rings. The van der Waals surface area contributed by atoms with Gasteiger partial charge in [-0.3, -0.25) is 9.59 Å². The predicted octanol–water partition coefficient (Wildman–Crippen LogP) is 3.41. The second kappa shape index (κ2) is 9.91. The van der Waals surface area contributed by atoms with Crippen molar-refractivity contribution >= 4 is 29.2 Å². The molecule has 2 amide bonds. The first-order valence-corrected chi connectivity index (χ1v) is 8.68. The van der Waals surface area contributed by atoms with Crippen LogP contribution in [0, 0.1) is 0 Å². The van der Waals surface area contributed by atoms with Crippen LogP contribution < -0.4 is 10.2 Å². The highest BCUT2D eigenvalue weighted by Gasteiger charge is 2.15. The molecule has 1 N–H and O–H groups in total. The van der Waals surface area contributed by atoms with Crippen LogP contribution in [0.2, 0.25) is 0 Å². The van der Waals surface area contributed by atoms with Crippen molar-refractivity contribution in [3.63, 3.8) is 0 Å². The number of benzene rings is 2. The van der Waals surface area contributed by atoms with E-state index >= 15 is 0 Å². The van der Waals surface area contributed by atoms with Crippen molar-refractivity contribution in [3.8, 4) is 0 Å². The van der Waals surface area contributed by atoms with Crippen molar-refractivity contribution in [3.05, 3.63) is 72.3 Å². The molecule has 0 aliphatic heterocycles. The summed E-state index contributed by atoms with van der Waals surface area (Å²) in [7, 11) is 0. The SMILES string of the molecule is CCOC(=O)/C=C/C(=O)Nc1ccc(C(=O)N(CC)c2ccccc2)cc1. The van der Waals surface area contributed by atoms with Crippen molar-refractivity contribution < 1.29 is 19.1 Å². The summed E-state index contributed by atoms with van der Waals surface area (Å²) in [6.07, 6.45) is 2.17. The number of ether oxygens (including phenoxy) is 1. The Morgan fingerprint density at radius 3 is 2.22 bits per heavy atom. The fraction of sp³-hybridized carbons (Fsp3) is 0.190. The average Bonchev–Trinajstić information content (AvgIpc) is 2.68. The smallest absolute Gasteiger partial charge is 0.330 e. The van der Waals surface area contributed by atoms with E-state index in [9.17, 15) is 14.4 Å². The van der Waals surface area contributed by atoms with Gasteiger partial charge in [-0.05, 0) is 50.2 Å². The summed E-state index contributed by atoms with van der Waals surface area (Å²) in [6.45, 7) is 4.39. The predicted molar refractivity (Wildman–Crippen MR) is 105 cm³/mol. The van der Waals surface area contributed by atoms with Gasteiger partial charge in [-0.1, -0.05) is 18.2 Å². The molecule has 0 bridgehead atoms. The molecule has 6 nitrogen and oxygen atoms in total. The highest BCUT2D eigenvalue weighted by atomic mass is 16.5. The van der Waals surface area contributed by atoms with E-state index in [1.807, 2.05) is 37.3 Å². The van der Waals surface area contributed by atoms with Gasteiger partial charge in [0.15, 0.2) is 0 Å². The van der Waals surface area contributed by atoms with E-state index in [0.717, 1.165) is 17.8 Å². The zero-order valence-corrected chi connectivity index (χ0v) is 15.3. The van der Waals surface area contributed by atoms with Crippen LogP contribution >= 0.6 is 0 Å². The largest absolute Gasteiger partial charge is 0.463 e. The number of hydrogen-bond acceptors (Lipinski definition) is 4. The third-order valence-corrected chi connectivity index (χ3v) is 3.69. The Labute approximate surface area is 158 Å². The summed E-state index contributed by atoms with van der Waals surface area (Å²) in [6, 6.07) is 16.0. The first kappa shape index (κ1) is 19.9. The zero-order chi connectivity index (χ0) is 19.6. The fourth-order valence-electron chi connectivity index (χ4n) is 2.42. The molecule has 0 saturated carbocycles. The normalized spacial score (nSPS) is 10.4. The van der Waals surface area contributed by atoms with E-state index < -0.39 is 11.9 Å². The fourth-order valence-corrected chi connectivity index (χ4v) is 2.42. The molecule has 0 unspecified atom stereocenters. The van der Waals surface area contributed by atoms with E-state index in [1.165, 1.54) is 0 Å². The number of para-hydroxylation sites is 1. The van der Waals surface area contributed by atoms with E-state index in [2.05, 4.69) is 5.32 Å². The molecule has 2 rings (SSSR count). The number of carbonyl (C=O) groups excluding carboxylic acids is 3. The number of nitrogens with zero attached hydrogens (tertiary/aromatic N) is 1. The Hall–Kier alpha value is -3.41. The van der Waals surface area contributed by atoms with Crippen LogP contribution in [0.25, 0.3) is 0 Å². The first-order chi connectivity index (χ1) is 13.0. The molecule has 6 heteroatoms. The minimum absolute atomic E-state index is 0.121. The number of nitrogens with one attached hydrogen (secondary N) is 1. The molecule has 0 radical (unpaired) electrons. The Bertz CT molecular complexity index is 814. The monoisotopic (exact) mass is 366 g/mol. The molecule has 0 heterocycles. The number of amides is 2. The van der Waals surface area contributed by atoms with Gasteiger partial charge < -0.3 is 15.0 Å². The van der Waals surface area contributed by atoms with E-state index in [1.54, 1.807) is 36.1 Å². The number of anilines is 2. The second-order valence-corrected chi connectivity index (χ2v) is 5.54. The molecule has 0 aliphatic carbocycles. The second-order valence-electron chi connectivity index (χ2n) is 5.54. The lowest BCUT2D eigenvalue weighted by atomic mass is 10.1. The van der Waals surface area contributed by atoms with Gasteiger partial charge in [-0.25, -0.2) is 4.79 Å². The molecule has 2 aromatic rings. The van der Waals surface area contributed by atoms with Gasteiger partial charge in [0.2, 0.25) is 5.91 Å². The highest BCUT2D eigenvalue weighted by molar-refractivity contribution is 6.07. The lowest BCUT2D eigenvalue weighted by molar-refractivity contribution is -0.137. The van der Waals surface area contributed by atoms with E-state index in [-0.39, 0.29) is 12.5 Å². The Morgan fingerprint density at radius 1 is 0.963 bits per heavy atom. The van der Waals surface area contributed by atoms with Crippen LogP contribution in [0.15, 0.2) is 66.7 Å². The standard InChI is InChI=1S/C21H22N2O4/c1-3-23(18-8-6-5-7-9-18)21(26)16-10-12-17(13-11-16)22-19(24)14-15-20(25)27-4-2/h5-15H,3-4H2,1-2H3,(H,22,24)/b15-14+. The number of hydrogen-bond donors (Lipinski definition) is 1. The van der Waals surface area contributed by atoms with Gasteiger partial charge in [0.25, 0.3) is 5.91 Å². The molecule has 2 aromatic carbocycles. The Morgan fingerprint density at radius 2 is 1.63 bits per heavy atom. The summed E-state index contributed by atoms with van der Waals surface area (Å²) in [5, 5.41) is 2.62. The van der Waals surface area contributed by atoms with Crippen molar-refractivity contribution in [1.29, 1.82) is 0 Å². The van der Waals surface area contributed by atoms with Gasteiger partial charge in [-0.15, -0.1) is 0 Å². The van der Waals surface area contributed by atoms with Crippen molar-refractivity contribution in [2.45, 2.75) is 13.8 Å².